The maximum absolute atomic E-state index is 12.1. The maximum atomic E-state index is 12.1. The molecule has 0 saturated heterocycles. The summed E-state index contributed by atoms with van der Waals surface area (Å²) in [6.07, 6.45) is 4.34. The maximum Gasteiger partial charge on any atom is 0.257 e. The molecule has 1 N–H and O–H groups in total. The second kappa shape index (κ2) is 6.34. The Labute approximate surface area is 109 Å². The predicted molar refractivity (Wildman–Crippen MR) is 66.0 cm³/mol. The molecule has 18 heavy (non-hydrogen) atoms. The molecule has 0 aliphatic rings. The Bertz CT molecular complexity index is 482. The van der Waals surface area contributed by atoms with Crippen LogP contribution in [0.15, 0.2) is 24.8 Å². The molecule has 0 unspecified atom stereocenters. The van der Waals surface area contributed by atoms with Crippen LogP contribution in [0.4, 0.5) is 14.5 Å². The van der Waals surface area contributed by atoms with E-state index in [-0.39, 0.29) is 19.0 Å². The van der Waals surface area contributed by atoms with Gasteiger partial charge in [0.1, 0.15) is 6.54 Å². The minimum atomic E-state index is -2.38. The summed E-state index contributed by atoms with van der Waals surface area (Å²) >= 11 is 0. The number of aryl methyl sites for hydroxylation is 1. The molecule has 0 saturated carbocycles. The van der Waals surface area contributed by atoms with Gasteiger partial charge in [0.2, 0.25) is 0 Å². The Hall–Kier alpha value is -1.63. The van der Waals surface area contributed by atoms with Crippen molar-refractivity contribution in [2.24, 2.45) is 7.05 Å². The normalized spacial score (nSPS) is 10.4. The zero-order chi connectivity index (χ0) is 12.3. The van der Waals surface area contributed by atoms with E-state index in [0.717, 1.165) is 11.3 Å². The number of halogens is 3. The van der Waals surface area contributed by atoms with Crippen molar-refractivity contribution in [2.45, 2.75) is 19.5 Å². The highest BCUT2D eigenvalue weighted by atomic mass is 35.5. The minimum Gasteiger partial charge on any atom is -0.378 e. The molecule has 0 aromatic carbocycles. The lowest BCUT2D eigenvalue weighted by molar-refractivity contribution is 0.122. The fourth-order valence-electron chi connectivity index (χ4n) is 1.46. The van der Waals surface area contributed by atoms with Crippen LogP contribution < -0.4 is 5.32 Å². The Morgan fingerprint density at radius 3 is 2.67 bits per heavy atom. The lowest BCUT2D eigenvalue weighted by Gasteiger charge is -2.00. The van der Waals surface area contributed by atoms with E-state index < -0.39 is 6.43 Å². The molecular formula is C10H14ClF2N5. The first kappa shape index (κ1) is 14.4. The minimum absolute atomic E-state index is 0. The molecule has 2 rings (SSSR count). The predicted octanol–water partition coefficient (Wildman–Crippen LogP) is 1.92. The lowest BCUT2D eigenvalue weighted by Crippen LogP contribution is -2.06. The molecule has 0 atom stereocenters. The monoisotopic (exact) mass is 277 g/mol. The van der Waals surface area contributed by atoms with Gasteiger partial charge in [0.15, 0.2) is 0 Å². The summed E-state index contributed by atoms with van der Waals surface area (Å²) in [6.45, 7) is 0.168. The third kappa shape index (κ3) is 3.99. The SMILES string of the molecule is Cl.Cn1cc(NCc2cnn(CC(F)F)c2)cn1. The highest BCUT2D eigenvalue weighted by Gasteiger charge is 2.05. The number of nitrogens with zero attached hydrogens (tertiary/aromatic N) is 4. The molecule has 0 bridgehead atoms. The van der Waals surface area contributed by atoms with E-state index >= 15 is 0 Å². The van der Waals surface area contributed by atoms with Crippen LogP contribution >= 0.6 is 12.4 Å². The van der Waals surface area contributed by atoms with Gasteiger partial charge in [0, 0.05) is 31.5 Å². The fraction of sp³-hybridized carbons (Fsp3) is 0.400. The van der Waals surface area contributed by atoms with E-state index in [4.69, 9.17) is 0 Å². The van der Waals surface area contributed by atoms with E-state index in [1.807, 2.05) is 13.2 Å². The molecule has 5 nitrogen and oxygen atoms in total. The Kier molecular flexibility index (Phi) is 5.08. The van der Waals surface area contributed by atoms with Crippen molar-refractivity contribution in [3.05, 3.63) is 30.4 Å². The molecule has 0 spiro atoms. The first-order chi connectivity index (χ1) is 8.13. The standard InChI is InChI=1S/C10H13F2N5.ClH/c1-16-6-9(4-14-16)13-2-8-3-15-17(5-8)7-10(11)12;/h3-6,10,13H,2,7H2,1H3;1H. The van der Waals surface area contributed by atoms with Gasteiger partial charge in [-0.1, -0.05) is 0 Å². The molecule has 0 fully saturated rings. The zero-order valence-corrected chi connectivity index (χ0v) is 10.6. The van der Waals surface area contributed by atoms with Gasteiger partial charge in [-0.3, -0.25) is 9.36 Å². The summed E-state index contributed by atoms with van der Waals surface area (Å²) in [7, 11) is 1.83. The summed E-state index contributed by atoms with van der Waals surface area (Å²) < 4.78 is 27.1. The van der Waals surface area contributed by atoms with Crippen LogP contribution in [0, 0.1) is 0 Å². The van der Waals surface area contributed by atoms with Crippen LogP contribution in [0.5, 0.6) is 0 Å². The van der Waals surface area contributed by atoms with Gasteiger partial charge in [0.25, 0.3) is 6.43 Å². The number of nitrogens with one attached hydrogen (secondary N) is 1. The summed E-state index contributed by atoms with van der Waals surface area (Å²) in [5.74, 6) is 0. The number of hydrogen-bond donors (Lipinski definition) is 1. The molecule has 0 aliphatic carbocycles. The lowest BCUT2D eigenvalue weighted by atomic mass is 10.3. The Morgan fingerprint density at radius 2 is 2.06 bits per heavy atom. The van der Waals surface area contributed by atoms with Crippen molar-refractivity contribution in [3.8, 4) is 0 Å². The first-order valence-electron chi connectivity index (χ1n) is 5.15. The van der Waals surface area contributed by atoms with Crippen LogP contribution in [-0.2, 0) is 20.1 Å². The average Bonchev–Trinajstić information content (AvgIpc) is 2.84. The van der Waals surface area contributed by atoms with E-state index in [2.05, 4.69) is 15.5 Å². The van der Waals surface area contributed by atoms with Crippen molar-refractivity contribution in [1.82, 2.24) is 19.6 Å². The molecule has 100 valence electrons. The van der Waals surface area contributed by atoms with Gasteiger partial charge in [0.05, 0.1) is 18.1 Å². The van der Waals surface area contributed by atoms with E-state index in [1.54, 1.807) is 23.3 Å². The Balaban J connectivity index is 0.00000162. The molecule has 0 radical (unpaired) electrons. The molecule has 2 aromatic heterocycles. The van der Waals surface area contributed by atoms with E-state index in [9.17, 15) is 8.78 Å². The van der Waals surface area contributed by atoms with Gasteiger partial charge >= 0.3 is 0 Å². The summed E-state index contributed by atoms with van der Waals surface area (Å²) in [6, 6.07) is 0. The van der Waals surface area contributed by atoms with Crippen LogP contribution in [-0.4, -0.2) is 26.0 Å². The molecule has 0 aliphatic heterocycles. The quantitative estimate of drug-likeness (QED) is 0.908. The number of rotatable bonds is 5. The van der Waals surface area contributed by atoms with Crippen LogP contribution in [0.3, 0.4) is 0 Å². The highest BCUT2D eigenvalue weighted by Crippen LogP contribution is 2.07. The van der Waals surface area contributed by atoms with E-state index in [1.165, 1.54) is 4.68 Å². The fourth-order valence-corrected chi connectivity index (χ4v) is 1.46. The van der Waals surface area contributed by atoms with Gasteiger partial charge in [-0.25, -0.2) is 8.78 Å². The van der Waals surface area contributed by atoms with Crippen molar-refractivity contribution in [1.29, 1.82) is 0 Å². The number of hydrogen-bond acceptors (Lipinski definition) is 3. The van der Waals surface area contributed by atoms with E-state index in [0.29, 0.717) is 6.54 Å². The summed E-state index contributed by atoms with van der Waals surface area (Å²) in [4.78, 5) is 0. The van der Waals surface area contributed by atoms with Crippen molar-refractivity contribution >= 4 is 18.1 Å². The van der Waals surface area contributed by atoms with Gasteiger partial charge in [-0.15, -0.1) is 12.4 Å². The van der Waals surface area contributed by atoms with Crippen molar-refractivity contribution in [2.75, 3.05) is 5.32 Å². The molecular weight excluding hydrogens is 264 g/mol. The molecule has 0 amide bonds. The molecule has 2 heterocycles. The van der Waals surface area contributed by atoms with Crippen LogP contribution in [0.25, 0.3) is 0 Å². The van der Waals surface area contributed by atoms with Crippen LogP contribution in [0.1, 0.15) is 5.56 Å². The summed E-state index contributed by atoms with van der Waals surface area (Å²) in [5.41, 5.74) is 1.74. The topological polar surface area (TPSA) is 47.7 Å². The van der Waals surface area contributed by atoms with Gasteiger partial charge < -0.3 is 5.32 Å². The number of anilines is 1. The highest BCUT2D eigenvalue weighted by molar-refractivity contribution is 5.85. The van der Waals surface area contributed by atoms with Gasteiger partial charge in [-0.05, 0) is 0 Å². The second-order valence-electron chi connectivity index (χ2n) is 3.72. The number of aromatic nitrogens is 4. The van der Waals surface area contributed by atoms with Crippen molar-refractivity contribution < 1.29 is 8.78 Å². The molecule has 2 aromatic rings. The van der Waals surface area contributed by atoms with Crippen molar-refractivity contribution in [3.63, 3.8) is 0 Å². The van der Waals surface area contributed by atoms with Gasteiger partial charge in [-0.2, -0.15) is 10.2 Å². The third-order valence-electron chi connectivity index (χ3n) is 2.21. The summed E-state index contributed by atoms with van der Waals surface area (Å²) in [5, 5.41) is 11.0. The second-order valence-corrected chi connectivity index (χ2v) is 3.72. The smallest absolute Gasteiger partial charge is 0.257 e. The largest absolute Gasteiger partial charge is 0.378 e. The number of alkyl halides is 2. The molecule has 8 heteroatoms. The van der Waals surface area contributed by atoms with Crippen LogP contribution in [0.2, 0.25) is 0 Å². The zero-order valence-electron chi connectivity index (χ0n) is 9.75. The first-order valence-corrected chi connectivity index (χ1v) is 5.15. The third-order valence-corrected chi connectivity index (χ3v) is 2.21. The average molecular weight is 278 g/mol. The Morgan fingerprint density at radius 1 is 1.28 bits per heavy atom.